The van der Waals surface area contributed by atoms with Crippen LogP contribution in [0.1, 0.15) is 28.1 Å². The smallest absolute Gasteiger partial charge is 0.0934 e. The van der Waals surface area contributed by atoms with Crippen molar-refractivity contribution in [1.29, 1.82) is 0 Å². The van der Waals surface area contributed by atoms with Crippen molar-refractivity contribution < 1.29 is 0 Å². The minimum absolute atomic E-state index is 0.950. The van der Waals surface area contributed by atoms with E-state index in [1.807, 2.05) is 11.3 Å². The summed E-state index contributed by atoms with van der Waals surface area (Å²) >= 11 is 1.85. The van der Waals surface area contributed by atoms with Crippen LogP contribution in [0.3, 0.4) is 0 Å². The first-order valence-electron chi connectivity index (χ1n) is 6.49. The third kappa shape index (κ3) is 3.65. The molecule has 2 nitrogen and oxygen atoms in total. The highest BCUT2D eigenvalue weighted by Gasteiger charge is 2.07. The molecule has 2 aromatic rings. The summed E-state index contributed by atoms with van der Waals surface area (Å²) in [4.78, 5) is 6.03. The Kier molecular flexibility index (Phi) is 4.90. The zero-order chi connectivity index (χ0) is 12.8. The van der Waals surface area contributed by atoms with Gasteiger partial charge in [0, 0.05) is 17.8 Å². The summed E-state index contributed by atoms with van der Waals surface area (Å²) in [5.74, 6) is 0. The van der Waals surface area contributed by atoms with Crippen LogP contribution in [0, 0.1) is 6.92 Å². The van der Waals surface area contributed by atoms with Gasteiger partial charge >= 0.3 is 0 Å². The van der Waals surface area contributed by atoms with Gasteiger partial charge in [0.15, 0.2) is 0 Å². The maximum atomic E-state index is 4.66. The molecule has 0 bridgehead atoms. The molecule has 1 N–H and O–H groups in total. The number of hydrogen-bond donors (Lipinski definition) is 1. The highest BCUT2D eigenvalue weighted by atomic mass is 32.1. The fraction of sp³-hybridized carbons (Fsp3) is 0.400. The van der Waals surface area contributed by atoms with Gasteiger partial charge in [-0.05, 0) is 25.5 Å². The van der Waals surface area contributed by atoms with Crippen molar-refractivity contribution in [2.45, 2.75) is 33.2 Å². The van der Waals surface area contributed by atoms with Crippen molar-refractivity contribution in [2.75, 3.05) is 6.54 Å². The van der Waals surface area contributed by atoms with Crippen LogP contribution in [0.25, 0.3) is 0 Å². The van der Waals surface area contributed by atoms with E-state index in [0.717, 1.165) is 25.9 Å². The van der Waals surface area contributed by atoms with Gasteiger partial charge in [-0.2, -0.15) is 0 Å². The lowest BCUT2D eigenvalue weighted by atomic mass is 10.1. The topological polar surface area (TPSA) is 24.9 Å². The van der Waals surface area contributed by atoms with Crippen molar-refractivity contribution in [3.05, 3.63) is 51.5 Å². The third-order valence-corrected chi connectivity index (χ3v) is 4.16. The standard InChI is InChI=1S/C15H20N2S/c1-3-16-11-14-12(2)17-15(18-14)10-9-13-7-5-4-6-8-13/h4-8,16H,3,9-11H2,1-2H3. The molecule has 1 aromatic carbocycles. The molecule has 3 heteroatoms. The average molecular weight is 260 g/mol. The van der Waals surface area contributed by atoms with Gasteiger partial charge < -0.3 is 5.32 Å². The Labute approximate surface area is 113 Å². The van der Waals surface area contributed by atoms with Crippen LogP contribution in [0.2, 0.25) is 0 Å². The summed E-state index contributed by atoms with van der Waals surface area (Å²) in [6.07, 6.45) is 2.12. The second kappa shape index (κ2) is 6.66. The van der Waals surface area contributed by atoms with Crippen LogP contribution < -0.4 is 5.32 Å². The van der Waals surface area contributed by atoms with Crippen molar-refractivity contribution in [1.82, 2.24) is 10.3 Å². The van der Waals surface area contributed by atoms with E-state index in [4.69, 9.17) is 0 Å². The zero-order valence-electron chi connectivity index (χ0n) is 11.1. The lowest BCUT2D eigenvalue weighted by Gasteiger charge is -1.98. The average Bonchev–Trinajstić information content (AvgIpc) is 2.76. The summed E-state index contributed by atoms with van der Waals surface area (Å²) in [6, 6.07) is 10.6. The molecule has 0 saturated carbocycles. The summed E-state index contributed by atoms with van der Waals surface area (Å²) in [6.45, 7) is 6.20. The number of thiazole rings is 1. The lowest BCUT2D eigenvalue weighted by Crippen LogP contribution is -2.11. The molecule has 2 rings (SSSR count). The van der Waals surface area contributed by atoms with Gasteiger partial charge in [0.2, 0.25) is 0 Å². The van der Waals surface area contributed by atoms with Crippen LogP contribution in [-0.2, 0) is 19.4 Å². The molecule has 0 fully saturated rings. The largest absolute Gasteiger partial charge is 0.312 e. The number of aromatic nitrogens is 1. The quantitative estimate of drug-likeness (QED) is 0.861. The molecule has 18 heavy (non-hydrogen) atoms. The van der Waals surface area contributed by atoms with Gasteiger partial charge in [-0.3, -0.25) is 0 Å². The fourth-order valence-electron chi connectivity index (χ4n) is 1.89. The molecular weight excluding hydrogens is 240 g/mol. The number of benzene rings is 1. The molecular formula is C15H20N2S. The van der Waals surface area contributed by atoms with E-state index >= 15 is 0 Å². The van der Waals surface area contributed by atoms with Gasteiger partial charge in [-0.15, -0.1) is 11.3 Å². The van der Waals surface area contributed by atoms with Crippen LogP contribution in [0.5, 0.6) is 0 Å². The summed E-state index contributed by atoms with van der Waals surface area (Å²) in [5.41, 5.74) is 2.57. The first-order valence-corrected chi connectivity index (χ1v) is 7.31. The van der Waals surface area contributed by atoms with Gasteiger partial charge in [-0.25, -0.2) is 4.98 Å². The van der Waals surface area contributed by atoms with Crippen molar-refractivity contribution in [3.8, 4) is 0 Å². The van der Waals surface area contributed by atoms with Crippen LogP contribution in [-0.4, -0.2) is 11.5 Å². The Hall–Kier alpha value is -1.19. The van der Waals surface area contributed by atoms with Gasteiger partial charge in [0.1, 0.15) is 0 Å². The Bertz CT molecular complexity index is 476. The number of hydrogen-bond acceptors (Lipinski definition) is 3. The first kappa shape index (κ1) is 13.2. The molecule has 0 saturated heterocycles. The van der Waals surface area contributed by atoms with E-state index < -0.39 is 0 Å². The molecule has 0 aliphatic heterocycles. The van der Waals surface area contributed by atoms with E-state index in [2.05, 4.69) is 54.5 Å². The fourth-order valence-corrected chi connectivity index (χ4v) is 2.93. The van der Waals surface area contributed by atoms with Crippen LogP contribution in [0.4, 0.5) is 0 Å². The van der Waals surface area contributed by atoms with Crippen molar-refractivity contribution in [2.24, 2.45) is 0 Å². The minimum atomic E-state index is 0.950. The van der Waals surface area contributed by atoms with E-state index in [1.54, 1.807) is 0 Å². The lowest BCUT2D eigenvalue weighted by molar-refractivity contribution is 0.730. The molecule has 0 spiro atoms. The van der Waals surface area contributed by atoms with Gasteiger partial charge in [0.05, 0.1) is 10.7 Å². The van der Waals surface area contributed by atoms with Crippen molar-refractivity contribution >= 4 is 11.3 Å². The predicted molar refractivity (Wildman–Crippen MR) is 78.1 cm³/mol. The van der Waals surface area contributed by atoms with Gasteiger partial charge in [-0.1, -0.05) is 37.3 Å². The Balaban J connectivity index is 1.94. The summed E-state index contributed by atoms with van der Waals surface area (Å²) < 4.78 is 0. The van der Waals surface area contributed by atoms with E-state index in [1.165, 1.54) is 21.1 Å². The van der Waals surface area contributed by atoms with Crippen LogP contribution >= 0.6 is 11.3 Å². The maximum Gasteiger partial charge on any atom is 0.0934 e. The number of nitrogens with one attached hydrogen (secondary N) is 1. The highest BCUT2D eigenvalue weighted by Crippen LogP contribution is 2.19. The first-order chi connectivity index (χ1) is 8.79. The molecule has 0 aliphatic rings. The number of nitrogens with zero attached hydrogens (tertiary/aromatic N) is 1. The molecule has 1 heterocycles. The SMILES string of the molecule is CCNCc1sc(CCc2ccccc2)nc1C. The molecule has 0 amide bonds. The minimum Gasteiger partial charge on any atom is -0.312 e. The van der Waals surface area contributed by atoms with Crippen molar-refractivity contribution in [3.63, 3.8) is 0 Å². The molecule has 96 valence electrons. The Morgan fingerprint density at radius 1 is 1.17 bits per heavy atom. The second-order valence-corrected chi connectivity index (χ2v) is 5.55. The Morgan fingerprint density at radius 3 is 2.67 bits per heavy atom. The van der Waals surface area contributed by atoms with E-state index in [-0.39, 0.29) is 0 Å². The molecule has 0 unspecified atom stereocenters. The van der Waals surface area contributed by atoms with Gasteiger partial charge in [0.25, 0.3) is 0 Å². The highest BCUT2D eigenvalue weighted by molar-refractivity contribution is 7.11. The third-order valence-electron chi connectivity index (χ3n) is 2.94. The maximum absolute atomic E-state index is 4.66. The summed E-state index contributed by atoms with van der Waals surface area (Å²) in [5, 5.41) is 4.62. The Morgan fingerprint density at radius 2 is 1.94 bits per heavy atom. The number of aryl methyl sites for hydroxylation is 3. The monoisotopic (exact) mass is 260 g/mol. The molecule has 0 radical (unpaired) electrons. The normalized spacial score (nSPS) is 10.8. The second-order valence-electron chi connectivity index (χ2n) is 4.38. The zero-order valence-corrected chi connectivity index (χ0v) is 11.9. The molecule has 0 atom stereocenters. The van der Waals surface area contributed by atoms with E-state index in [0.29, 0.717) is 0 Å². The summed E-state index contributed by atoms with van der Waals surface area (Å²) in [7, 11) is 0. The molecule has 0 aliphatic carbocycles. The molecule has 1 aromatic heterocycles. The number of rotatable bonds is 6. The van der Waals surface area contributed by atoms with Crippen LogP contribution in [0.15, 0.2) is 30.3 Å². The van der Waals surface area contributed by atoms with E-state index in [9.17, 15) is 0 Å². The predicted octanol–water partition coefficient (Wildman–Crippen LogP) is 3.35.